The molecule has 0 saturated heterocycles. The van der Waals surface area contributed by atoms with Crippen LogP contribution in [0, 0.1) is 17.6 Å². The number of nitrogens with one attached hydrogen (secondary N) is 1. The van der Waals surface area contributed by atoms with Crippen LogP contribution in [0.4, 0.5) is 20.2 Å². The van der Waals surface area contributed by atoms with E-state index in [0.717, 1.165) is 30.9 Å². The van der Waals surface area contributed by atoms with Crippen LogP contribution >= 0.6 is 0 Å². The summed E-state index contributed by atoms with van der Waals surface area (Å²) < 4.78 is 26.9. The molecule has 0 unspecified atom stereocenters. The minimum Gasteiger partial charge on any atom is -0.399 e. The van der Waals surface area contributed by atoms with E-state index in [1.807, 2.05) is 0 Å². The molecule has 4 heteroatoms. The molecule has 0 aromatic heterocycles. The molecule has 0 aliphatic carbocycles. The maximum atomic E-state index is 13.4. The molecule has 0 heterocycles. The Kier molecular flexibility index (Phi) is 6.60. The zero-order valence-electron chi connectivity index (χ0n) is 11.8. The summed E-state index contributed by atoms with van der Waals surface area (Å²) in [6.07, 6.45) is 5.64. The normalized spacial score (nSPS) is 11.0. The molecule has 19 heavy (non-hydrogen) atoms. The summed E-state index contributed by atoms with van der Waals surface area (Å²) in [6, 6.07) is 2.27. The minimum absolute atomic E-state index is 0.0728. The number of anilines is 2. The van der Waals surface area contributed by atoms with Crippen LogP contribution in [-0.2, 0) is 0 Å². The van der Waals surface area contributed by atoms with Gasteiger partial charge in [0.2, 0.25) is 0 Å². The first-order valence-electron chi connectivity index (χ1n) is 6.99. The van der Waals surface area contributed by atoms with Gasteiger partial charge in [0.1, 0.15) is 5.69 Å². The number of unbranched alkanes of at least 4 members (excludes halogenated alkanes) is 3. The SMILES string of the molecule is CC(C)CCCCCCNc1c(F)cc(N)cc1F. The minimum atomic E-state index is -0.627. The third-order valence-corrected chi connectivity index (χ3v) is 3.07. The van der Waals surface area contributed by atoms with Crippen LogP contribution < -0.4 is 11.1 Å². The quantitative estimate of drug-likeness (QED) is 0.536. The second kappa shape index (κ2) is 7.97. The van der Waals surface area contributed by atoms with Gasteiger partial charge in [-0.1, -0.05) is 39.5 Å². The predicted octanol–water partition coefficient (Wildman–Crippen LogP) is 4.57. The molecule has 0 atom stereocenters. The van der Waals surface area contributed by atoms with Crippen molar-refractivity contribution in [3.8, 4) is 0 Å². The predicted molar refractivity (Wildman–Crippen MR) is 77.2 cm³/mol. The molecular weight excluding hydrogens is 246 g/mol. The summed E-state index contributed by atoms with van der Waals surface area (Å²) in [7, 11) is 0. The summed E-state index contributed by atoms with van der Waals surface area (Å²) in [6.45, 7) is 5.02. The number of nitrogen functional groups attached to an aromatic ring is 1. The molecule has 0 amide bonds. The monoisotopic (exact) mass is 270 g/mol. The Morgan fingerprint density at radius 1 is 1.05 bits per heavy atom. The Morgan fingerprint density at radius 2 is 1.63 bits per heavy atom. The molecule has 2 nitrogen and oxygen atoms in total. The fourth-order valence-corrected chi connectivity index (χ4v) is 2.01. The largest absolute Gasteiger partial charge is 0.399 e. The molecule has 1 aromatic carbocycles. The van der Waals surface area contributed by atoms with Crippen LogP contribution in [0.5, 0.6) is 0 Å². The van der Waals surface area contributed by atoms with E-state index in [1.165, 1.54) is 19.3 Å². The highest BCUT2D eigenvalue weighted by Crippen LogP contribution is 2.22. The zero-order chi connectivity index (χ0) is 14.3. The van der Waals surface area contributed by atoms with Gasteiger partial charge < -0.3 is 11.1 Å². The van der Waals surface area contributed by atoms with Gasteiger partial charge in [0.25, 0.3) is 0 Å². The van der Waals surface area contributed by atoms with Gasteiger partial charge in [-0.3, -0.25) is 0 Å². The van der Waals surface area contributed by atoms with E-state index in [1.54, 1.807) is 0 Å². The Morgan fingerprint density at radius 3 is 2.21 bits per heavy atom. The highest BCUT2D eigenvalue weighted by molar-refractivity contribution is 5.53. The van der Waals surface area contributed by atoms with Crippen molar-refractivity contribution in [2.24, 2.45) is 5.92 Å². The van der Waals surface area contributed by atoms with E-state index in [-0.39, 0.29) is 11.4 Å². The van der Waals surface area contributed by atoms with E-state index in [2.05, 4.69) is 19.2 Å². The van der Waals surface area contributed by atoms with Crippen LogP contribution in [0.15, 0.2) is 12.1 Å². The average Bonchev–Trinajstić information content (AvgIpc) is 2.30. The molecule has 0 radical (unpaired) electrons. The maximum absolute atomic E-state index is 13.4. The van der Waals surface area contributed by atoms with Gasteiger partial charge in [-0.05, 0) is 24.5 Å². The maximum Gasteiger partial charge on any atom is 0.151 e. The zero-order valence-corrected chi connectivity index (χ0v) is 11.8. The Bertz CT molecular complexity index is 369. The van der Waals surface area contributed by atoms with Gasteiger partial charge in [-0.25, -0.2) is 8.78 Å². The molecule has 0 aliphatic heterocycles. The summed E-state index contributed by atoms with van der Waals surface area (Å²) in [4.78, 5) is 0. The smallest absolute Gasteiger partial charge is 0.151 e. The van der Waals surface area contributed by atoms with Crippen molar-refractivity contribution < 1.29 is 8.78 Å². The lowest BCUT2D eigenvalue weighted by Gasteiger charge is -2.09. The molecular formula is C15H24F2N2. The summed E-state index contributed by atoms with van der Waals surface area (Å²) in [5, 5.41) is 2.80. The number of rotatable bonds is 8. The van der Waals surface area contributed by atoms with Crippen LogP contribution in [-0.4, -0.2) is 6.54 Å². The highest BCUT2D eigenvalue weighted by atomic mass is 19.1. The van der Waals surface area contributed by atoms with Gasteiger partial charge in [0.05, 0.1) is 0 Å². The number of nitrogens with two attached hydrogens (primary N) is 1. The first kappa shape index (κ1) is 15.7. The number of halogens is 2. The fraction of sp³-hybridized carbons (Fsp3) is 0.600. The topological polar surface area (TPSA) is 38.0 Å². The number of hydrogen-bond donors (Lipinski definition) is 2. The standard InChI is InChI=1S/C15H24F2N2/c1-11(2)7-5-3-4-6-8-19-15-13(16)9-12(18)10-14(15)17/h9-11,19H,3-8,18H2,1-2H3. The Hall–Kier alpha value is -1.32. The van der Waals surface area contributed by atoms with Gasteiger partial charge in [-0.2, -0.15) is 0 Å². The molecule has 0 fully saturated rings. The lowest BCUT2D eigenvalue weighted by Crippen LogP contribution is -2.06. The third-order valence-electron chi connectivity index (χ3n) is 3.07. The van der Waals surface area contributed by atoms with E-state index in [0.29, 0.717) is 6.54 Å². The van der Waals surface area contributed by atoms with Crippen LogP contribution in [0.2, 0.25) is 0 Å². The second-order valence-electron chi connectivity index (χ2n) is 5.38. The van der Waals surface area contributed by atoms with Crippen molar-refractivity contribution in [2.45, 2.75) is 46.0 Å². The van der Waals surface area contributed by atoms with Gasteiger partial charge in [0, 0.05) is 12.2 Å². The lowest BCUT2D eigenvalue weighted by molar-refractivity contribution is 0.522. The molecule has 0 bridgehead atoms. The van der Waals surface area contributed by atoms with Crippen molar-refractivity contribution >= 4 is 11.4 Å². The molecule has 0 saturated carbocycles. The Balaban J connectivity index is 2.23. The van der Waals surface area contributed by atoms with Crippen molar-refractivity contribution in [3.05, 3.63) is 23.8 Å². The average molecular weight is 270 g/mol. The first-order chi connectivity index (χ1) is 9.00. The van der Waals surface area contributed by atoms with Gasteiger partial charge >= 0.3 is 0 Å². The molecule has 3 N–H and O–H groups in total. The van der Waals surface area contributed by atoms with Crippen molar-refractivity contribution in [1.29, 1.82) is 0 Å². The van der Waals surface area contributed by atoms with Gasteiger partial charge in [-0.15, -0.1) is 0 Å². The van der Waals surface area contributed by atoms with Crippen molar-refractivity contribution in [2.75, 3.05) is 17.6 Å². The highest BCUT2D eigenvalue weighted by Gasteiger charge is 2.09. The van der Waals surface area contributed by atoms with E-state index < -0.39 is 11.6 Å². The molecule has 1 aromatic rings. The summed E-state index contributed by atoms with van der Waals surface area (Å²) >= 11 is 0. The van der Waals surface area contributed by atoms with Crippen molar-refractivity contribution in [3.63, 3.8) is 0 Å². The first-order valence-corrected chi connectivity index (χ1v) is 6.99. The van der Waals surface area contributed by atoms with E-state index in [9.17, 15) is 8.78 Å². The third kappa shape index (κ3) is 5.90. The number of benzene rings is 1. The van der Waals surface area contributed by atoms with Gasteiger partial charge in [0.15, 0.2) is 11.6 Å². The van der Waals surface area contributed by atoms with Crippen LogP contribution in [0.1, 0.15) is 46.0 Å². The van der Waals surface area contributed by atoms with Crippen molar-refractivity contribution in [1.82, 2.24) is 0 Å². The summed E-state index contributed by atoms with van der Waals surface area (Å²) in [5.74, 6) is -0.509. The summed E-state index contributed by atoms with van der Waals surface area (Å²) in [5.41, 5.74) is 5.39. The molecule has 1 rings (SSSR count). The second-order valence-corrected chi connectivity index (χ2v) is 5.38. The van der Waals surface area contributed by atoms with Crippen LogP contribution in [0.3, 0.4) is 0 Å². The number of hydrogen-bond acceptors (Lipinski definition) is 2. The van der Waals surface area contributed by atoms with E-state index >= 15 is 0 Å². The van der Waals surface area contributed by atoms with Crippen LogP contribution in [0.25, 0.3) is 0 Å². The molecule has 108 valence electrons. The fourth-order valence-electron chi connectivity index (χ4n) is 2.01. The Labute approximate surface area is 114 Å². The lowest BCUT2D eigenvalue weighted by atomic mass is 10.0. The van der Waals surface area contributed by atoms with E-state index in [4.69, 9.17) is 5.73 Å². The molecule has 0 spiro atoms. The molecule has 0 aliphatic rings.